The maximum absolute atomic E-state index is 6.12. The van der Waals surface area contributed by atoms with Gasteiger partial charge in [-0.1, -0.05) is 41.9 Å². The third kappa shape index (κ3) is 2.02. The van der Waals surface area contributed by atoms with Gasteiger partial charge in [-0.25, -0.2) is 4.98 Å². The molecule has 2 aromatic heterocycles. The summed E-state index contributed by atoms with van der Waals surface area (Å²) in [6.45, 7) is 2.38. The number of benzene rings is 1. The molecule has 108 valence electrons. The molecule has 1 aliphatic rings. The van der Waals surface area contributed by atoms with E-state index in [1.54, 1.807) is 6.07 Å². The maximum atomic E-state index is 6.12. The lowest BCUT2D eigenvalue weighted by Crippen LogP contribution is -2.10. The number of nitrogens with zero attached hydrogens (tertiary/aromatic N) is 5. The lowest BCUT2D eigenvalue weighted by molar-refractivity contribution is 0.860. The van der Waals surface area contributed by atoms with E-state index in [9.17, 15) is 0 Å². The molecule has 4 rings (SSSR count). The van der Waals surface area contributed by atoms with E-state index in [1.807, 2.05) is 47.9 Å². The molecule has 0 saturated heterocycles. The fourth-order valence-electron chi connectivity index (χ4n) is 2.65. The summed E-state index contributed by atoms with van der Waals surface area (Å²) in [5.41, 5.74) is 3.49. The molecule has 3 aromatic rings. The molecule has 0 unspecified atom stereocenters. The molecular formula is C16H12ClN5. The van der Waals surface area contributed by atoms with Crippen LogP contribution in [-0.4, -0.2) is 25.5 Å². The molecule has 6 heteroatoms. The van der Waals surface area contributed by atoms with Gasteiger partial charge in [0.25, 0.3) is 0 Å². The van der Waals surface area contributed by atoms with Crippen molar-refractivity contribution in [3.8, 4) is 5.69 Å². The minimum atomic E-state index is 0.441. The molecule has 1 aromatic carbocycles. The van der Waals surface area contributed by atoms with Gasteiger partial charge in [0.2, 0.25) is 0 Å². The van der Waals surface area contributed by atoms with E-state index in [4.69, 9.17) is 16.6 Å². The lowest BCUT2D eigenvalue weighted by Gasteiger charge is -2.11. The summed E-state index contributed by atoms with van der Waals surface area (Å²) in [6, 6.07) is 13.7. The first-order chi connectivity index (χ1) is 10.7. The van der Waals surface area contributed by atoms with Gasteiger partial charge in [0.05, 0.1) is 11.4 Å². The fraction of sp³-hybridized carbons (Fsp3) is 0.125. The van der Waals surface area contributed by atoms with Crippen LogP contribution < -0.4 is 0 Å². The van der Waals surface area contributed by atoms with Gasteiger partial charge in [-0.3, -0.25) is 9.56 Å². The highest BCUT2D eigenvalue weighted by atomic mass is 35.5. The van der Waals surface area contributed by atoms with Gasteiger partial charge >= 0.3 is 0 Å². The fourth-order valence-corrected chi connectivity index (χ4v) is 2.80. The number of fused-ring (bicyclic) bond motifs is 3. The molecule has 0 spiro atoms. The van der Waals surface area contributed by atoms with Crippen molar-refractivity contribution in [3.63, 3.8) is 0 Å². The summed E-state index contributed by atoms with van der Waals surface area (Å²) in [5, 5.41) is 8.79. The van der Waals surface area contributed by atoms with Crippen LogP contribution in [0, 0.1) is 6.92 Å². The Kier molecular flexibility index (Phi) is 3.01. The number of halogens is 1. The van der Waals surface area contributed by atoms with Crippen LogP contribution in [0.2, 0.25) is 5.15 Å². The Morgan fingerprint density at radius 3 is 2.68 bits per heavy atom. The third-order valence-electron chi connectivity index (χ3n) is 3.62. The average Bonchev–Trinajstić information content (AvgIpc) is 2.82. The molecule has 0 aliphatic carbocycles. The molecule has 3 heterocycles. The second-order valence-corrected chi connectivity index (χ2v) is 5.42. The number of rotatable bonds is 1. The van der Waals surface area contributed by atoms with Gasteiger partial charge in [0.1, 0.15) is 23.2 Å². The molecule has 5 nitrogen and oxygen atoms in total. The number of aryl methyl sites for hydroxylation is 1. The molecular weight excluding hydrogens is 298 g/mol. The zero-order valence-electron chi connectivity index (χ0n) is 11.9. The van der Waals surface area contributed by atoms with Crippen LogP contribution in [-0.2, 0) is 6.54 Å². The van der Waals surface area contributed by atoms with Crippen molar-refractivity contribution in [3.05, 3.63) is 70.5 Å². The summed E-state index contributed by atoms with van der Waals surface area (Å²) >= 11 is 6.12. The summed E-state index contributed by atoms with van der Waals surface area (Å²) in [6.07, 6.45) is 0. The van der Waals surface area contributed by atoms with E-state index in [1.165, 1.54) is 0 Å². The topological polar surface area (TPSA) is 56.0 Å². The van der Waals surface area contributed by atoms with Crippen LogP contribution in [0.25, 0.3) is 5.69 Å². The van der Waals surface area contributed by atoms with E-state index in [-0.39, 0.29) is 0 Å². The normalized spacial score (nSPS) is 13.1. The van der Waals surface area contributed by atoms with Crippen LogP contribution in [0.3, 0.4) is 0 Å². The van der Waals surface area contributed by atoms with Gasteiger partial charge in [0, 0.05) is 5.56 Å². The maximum Gasteiger partial charge on any atom is 0.159 e. The van der Waals surface area contributed by atoms with Crippen molar-refractivity contribution in [2.24, 2.45) is 4.99 Å². The molecule has 0 atom stereocenters. The Morgan fingerprint density at radius 2 is 1.86 bits per heavy atom. The first kappa shape index (κ1) is 13.2. The number of hydrogen-bond acceptors (Lipinski definition) is 4. The Hall–Kier alpha value is -2.53. The molecule has 0 radical (unpaired) electrons. The van der Waals surface area contributed by atoms with Crippen LogP contribution in [0.15, 0.2) is 47.5 Å². The van der Waals surface area contributed by atoms with Crippen LogP contribution in [0.4, 0.5) is 0 Å². The first-order valence-corrected chi connectivity index (χ1v) is 7.30. The second-order valence-electron chi connectivity index (χ2n) is 5.03. The van der Waals surface area contributed by atoms with Crippen molar-refractivity contribution in [1.29, 1.82) is 0 Å². The second kappa shape index (κ2) is 5.03. The Balaban J connectivity index is 2.01. The van der Waals surface area contributed by atoms with Crippen LogP contribution in [0.5, 0.6) is 0 Å². The molecule has 22 heavy (non-hydrogen) atoms. The molecule has 0 amide bonds. The first-order valence-electron chi connectivity index (χ1n) is 6.92. The predicted octanol–water partition coefficient (Wildman–Crippen LogP) is 2.98. The van der Waals surface area contributed by atoms with Crippen molar-refractivity contribution in [2.45, 2.75) is 13.5 Å². The Labute approximate surface area is 132 Å². The highest BCUT2D eigenvalue weighted by molar-refractivity contribution is 6.29. The number of hydrogen-bond donors (Lipinski definition) is 0. The molecule has 0 bridgehead atoms. The Morgan fingerprint density at radius 1 is 1.05 bits per heavy atom. The monoisotopic (exact) mass is 309 g/mol. The van der Waals surface area contributed by atoms with Gasteiger partial charge in [-0.15, -0.1) is 10.2 Å². The third-order valence-corrected chi connectivity index (χ3v) is 3.83. The highest BCUT2D eigenvalue weighted by Gasteiger charge is 2.22. The van der Waals surface area contributed by atoms with E-state index < -0.39 is 0 Å². The quantitative estimate of drug-likeness (QED) is 0.649. The molecule has 1 aliphatic heterocycles. The van der Waals surface area contributed by atoms with Gasteiger partial charge in [0.15, 0.2) is 5.82 Å². The molecule has 0 N–H and O–H groups in total. The van der Waals surface area contributed by atoms with E-state index in [0.717, 1.165) is 34.3 Å². The van der Waals surface area contributed by atoms with Crippen molar-refractivity contribution < 1.29 is 0 Å². The average molecular weight is 310 g/mol. The number of aliphatic imine (C=N–C) groups is 1. The summed E-state index contributed by atoms with van der Waals surface area (Å²) in [4.78, 5) is 9.21. The van der Waals surface area contributed by atoms with Crippen molar-refractivity contribution >= 4 is 17.3 Å². The van der Waals surface area contributed by atoms with Crippen LogP contribution in [0.1, 0.15) is 22.9 Å². The minimum Gasteiger partial charge on any atom is -0.279 e. The predicted molar refractivity (Wildman–Crippen MR) is 84.7 cm³/mol. The van der Waals surface area contributed by atoms with Gasteiger partial charge in [-0.2, -0.15) is 0 Å². The van der Waals surface area contributed by atoms with Gasteiger partial charge < -0.3 is 0 Å². The van der Waals surface area contributed by atoms with Crippen LogP contribution >= 0.6 is 11.6 Å². The van der Waals surface area contributed by atoms with E-state index in [2.05, 4.69) is 15.2 Å². The summed E-state index contributed by atoms with van der Waals surface area (Å²) < 4.78 is 1.98. The summed E-state index contributed by atoms with van der Waals surface area (Å²) in [7, 11) is 0. The number of aromatic nitrogens is 4. The largest absolute Gasteiger partial charge is 0.279 e. The SMILES string of the molecule is Cc1nnc2n1-c1ccc(Cl)nc1C(c1ccccc1)=NC2. The highest BCUT2D eigenvalue weighted by Crippen LogP contribution is 2.25. The molecule has 0 fully saturated rings. The Bertz CT molecular complexity index is 883. The van der Waals surface area contributed by atoms with Crippen molar-refractivity contribution in [2.75, 3.05) is 0 Å². The van der Waals surface area contributed by atoms with Gasteiger partial charge in [-0.05, 0) is 19.1 Å². The van der Waals surface area contributed by atoms with E-state index in [0.29, 0.717) is 11.7 Å². The zero-order valence-corrected chi connectivity index (χ0v) is 12.6. The lowest BCUT2D eigenvalue weighted by atomic mass is 10.1. The minimum absolute atomic E-state index is 0.441. The number of pyridine rings is 1. The summed E-state index contributed by atoms with van der Waals surface area (Å²) in [5.74, 6) is 1.61. The smallest absolute Gasteiger partial charge is 0.159 e. The molecule has 0 saturated carbocycles. The van der Waals surface area contributed by atoms with Crippen molar-refractivity contribution in [1.82, 2.24) is 19.7 Å². The standard InChI is InChI=1S/C16H12ClN5/c1-10-20-21-14-9-18-15(11-5-3-2-4-6-11)16-12(22(10)14)7-8-13(17)19-16/h2-8H,9H2,1H3. The zero-order chi connectivity index (χ0) is 15.1. The van der Waals surface area contributed by atoms with E-state index >= 15 is 0 Å².